The maximum absolute atomic E-state index is 13.6. The molecule has 1 aromatic rings. The molecule has 1 spiro atoms. The monoisotopic (exact) mass is 422 g/mol. The van der Waals surface area contributed by atoms with E-state index in [0.717, 1.165) is 6.07 Å². The van der Waals surface area contributed by atoms with E-state index < -0.39 is 23.3 Å². The number of aliphatic imine (C=N–C) groups is 1. The van der Waals surface area contributed by atoms with Crippen molar-refractivity contribution in [2.45, 2.75) is 25.9 Å². The van der Waals surface area contributed by atoms with E-state index in [-0.39, 0.29) is 57.1 Å². The Morgan fingerprint density at radius 3 is 2.55 bits per heavy atom. The highest BCUT2D eigenvalue weighted by molar-refractivity contribution is 6.36. The van der Waals surface area contributed by atoms with E-state index in [1.807, 2.05) is 0 Å². The summed E-state index contributed by atoms with van der Waals surface area (Å²) >= 11 is 6.25. The molecule has 0 fully saturated rings. The lowest BCUT2D eigenvalue weighted by atomic mass is 9.74. The van der Waals surface area contributed by atoms with Gasteiger partial charge in [0, 0.05) is 12.3 Å². The smallest absolute Gasteiger partial charge is 0.337 e. The quantitative estimate of drug-likeness (QED) is 0.556. The molecule has 0 unspecified atom stereocenters. The molecule has 1 aromatic carbocycles. The standard InChI is InChI=1S/C19H19ClN2O7/c1-7-5-10(23)14(22-8(2)21)17(28-4)19(7)16(24)12-11(27-3)6-9(18(25)26)13(20)15(12)29-19/h6-7H,5H2,1-4H3,(H2,21,22)(H,25,26)/t7-,19-/m1/s1. The van der Waals surface area contributed by atoms with E-state index in [0.29, 0.717) is 0 Å². The van der Waals surface area contributed by atoms with Crippen molar-refractivity contribution in [2.75, 3.05) is 14.2 Å². The predicted octanol–water partition coefficient (Wildman–Crippen LogP) is 2.20. The van der Waals surface area contributed by atoms with Crippen molar-refractivity contribution in [3.63, 3.8) is 0 Å². The zero-order chi connectivity index (χ0) is 21.7. The van der Waals surface area contributed by atoms with Gasteiger partial charge in [-0.05, 0) is 13.0 Å². The number of aromatic carboxylic acids is 1. The Hall–Kier alpha value is -3.07. The molecule has 1 aliphatic heterocycles. The van der Waals surface area contributed by atoms with Gasteiger partial charge in [0.25, 0.3) is 0 Å². The number of hydrogen-bond donors (Lipinski definition) is 2. The fourth-order valence-corrected chi connectivity index (χ4v) is 3.96. The molecule has 2 aliphatic rings. The van der Waals surface area contributed by atoms with Gasteiger partial charge >= 0.3 is 5.97 Å². The van der Waals surface area contributed by atoms with E-state index in [1.54, 1.807) is 6.92 Å². The summed E-state index contributed by atoms with van der Waals surface area (Å²) in [5.74, 6) is -3.06. The summed E-state index contributed by atoms with van der Waals surface area (Å²) in [6.45, 7) is 3.14. The number of carbonyl (C=O) groups excluding carboxylic acids is 2. The van der Waals surface area contributed by atoms with Crippen LogP contribution >= 0.6 is 11.6 Å². The second-order valence-corrected chi connectivity index (χ2v) is 7.16. The summed E-state index contributed by atoms with van der Waals surface area (Å²) in [6, 6.07) is 1.15. The van der Waals surface area contributed by atoms with E-state index in [2.05, 4.69) is 4.99 Å². The summed E-state index contributed by atoms with van der Waals surface area (Å²) < 4.78 is 16.7. The third-order valence-electron chi connectivity index (χ3n) is 4.96. The third-order valence-corrected chi connectivity index (χ3v) is 5.33. The number of Topliss-reactive ketones (excluding diaryl/α,β-unsaturated/α-hetero) is 2. The Labute approximate surface area is 171 Å². The predicted molar refractivity (Wildman–Crippen MR) is 103 cm³/mol. The lowest BCUT2D eigenvalue weighted by molar-refractivity contribution is -0.119. The maximum Gasteiger partial charge on any atom is 0.337 e. The van der Waals surface area contributed by atoms with Crippen LogP contribution in [0.4, 0.5) is 0 Å². The van der Waals surface area contributed by atoms with E-state index in [1.165, 1.54) is 21.1 Å². The topological polar surface area (TPSA) is 138 Å². The van der Waals surface area contributed by atoms with Crippen molar-refractivity contribution >= 4 is 35.0 Å². The van der Waals surface area contributed by atoms with Gasteiger partial charge in [0.05, 0.1) is 30.6 Å². The third kappa shape index (κ3) is 2.84. The number of ether oxygens (including phenoxy) is 3. The van der Waals surface area contributed by atoms with Gasteiger partial charge in [0.2, 0.25) is 11.4 Å². The molecule has 0 saturated carbocycles. The van der Waals surface area contributed by atoms with Crippen LogP contribution in [0.5, 0.6) is 11.5 Å². The number of rotatable bonds is 4. The molecule has 0 saturated heterocycles. The van der Waals surface area contributed by atoms with Gasteiger partial charge in [-0.15, -0.1) is 0 Å². The summed E-state index contributed by atoms with van der Waals surface area (Å²) in [7, 11) is 2.58. The fourth-order valence-electron chi connectivity index (χ4n) is 3.69. The normalized spacial score (nSPS) is 23.9. The molecule has 0 aromatic heterocycles. The number of hydrogen-bond acceptors (Lipinski definition) is 7. The first-order valence-electron chi connectivity index (χ1n) is 8.60. The van der Waals surface area contributed by atoms with Crippen LogP contribution in [0.3, 0.4) is 0 Å². The van der Waals surface area contributed by atoms with Crippen molar-refractivity contribution in [3.8, 4) is 11.5 Å². The number of carboxylic acids is 1. The Morgan fingerprint density at radius 1 is 1.38 bits per heavy atom. The number of carboxylic acid groups (broad SMARTS) is 1. The minimum absolute atomic E-state index is 0.0108. The van der Waals surface area contributed by atoms with Crippen LogP contribution in [-0.2, 0) is 9.53 Å². The number of fused-ring (bicyclic) bond motifs is 1. The number of allylic oxidation sites excluding steroid dienone is 1. The van der Waals surface area contributed by atoms with Crippen LogP contribution in [0.2, 0.25) is 5.02 Å². The minimum Gasteiger partial charge on any atom is -0.496 e. The summed E-state index contributed by atoms with van der Waals surface area (Å²) in [5.41, 5.74) is 3.45. The zero-order valence-electron chi connectivity index (χ0n) is 16.2. The number of ketones is 2. The molecule has 0 amide bonds. The van der Waals surface area contributed by atoms with Crippen molar-refractivity contribution < 1.29 is 33.7 Å². The first kappa shape index (κ1) is 20.7. The van der Waals surface area contributed by atoms with Gasteiger partial charge in [-0.25, -0.2) is 9.79 Å². The van der Waals surface area contributed by atoms with E-state index in [9.17, 15) is 19.5 Å². The lowest BCUT2D eigenvalue weighted by Gasteiger charge is -2.37. The highest BCUT2D eigenvalue weighted by Crippen LogP contribution is 2.53. The first-order chi connectivity index (χ1) is 13.6. The molecule has 3 rings (SSSR count). The molecule has 154 valence electrons. The van der Waals surface area contributed by atoms with Crippen molar-refractivity contribution in [2.24, 2.45) is 16.6 Å². The number of methoxy groups -OCH3 is 2. The van der Waals surface area contributed by atoms with Crippen LogP contribution < -0.4 is 15.2 Å². The average Bonchev–Trinajstić information content (AvgIpc) is 2.95. The second kappa shape index (κ2) is 7.07. The minimum atomic E-state index is -1.76. The molecule has 2 atom stereocenters. The van der Waals surface area contributed by atoms with Gasteiger partial charge in [-0.2, -0.15) is 0 Å². The number of nitrogens with zero attached hydrogens (tertiary/aromatic N) is 1. The zero-order valence-corrected chi connectivity index (χ0v) is 16.9. The molecule has 0 radical (unpaired) electrons. The SMILES string of the molecule is COC1=C(N=C(C)N)C(=O)C[C@@H](C)[C@]12Oc1c(Cl)c(C(=O)O)cc(OC)c1C2=O. The molecule has 10 heteroatoms. The molecule has 29 heavy (non-hydrogen) atoms. The van der Waals surface area contributed by atoms with Gasteiger partial charge in [-0.1, -0.05) is 18.5 Å². The number of halogens is 1. The number of carbonyl (C=O) groups is 3. The van der Waals surface area contributed by atoms with Crippen molar-refractivity contribution in [3.05, 3.63) is 33.7 Å². The molecular weight excluding hydrogens is 404 g/mol. The fraction of sp³-hybridized carbons (Fsp3) is 0.368. The summed E-state index contributed by atoms with van der Waals surface area (Å²) in [4.78, 5) is 41.7. The Morgan fingerprint density at radius 2 is 2.03 bits per heavy atom. The van der Waals surface area contributed by atoms with Gasteiger partial charge < -0.3 is 25.1 Å². The molecule has 0 bridgehead atoms. The molecular formula is C19H19ClN2O7. The van der Waals surface area contributed by atoms with E-state index in [4.69, 9.17) is 31.5 Å². The van der Waals surface area contributed by atoms with Crippen LogP contribution in [0.15, 0.2) is 22.5 Å². The molecule has 1 aliphatic carbocycles. The van der Waals surface area contributed by atoms with Crippen molar-refractivity contribution in [1.82, 2.24) is 0 Å². The van der Waals surface area contributed by atoms with Crippen LogP contribution in [0.1, 0.15) is 41.0 Å². The Kier molecular flexibility index (Phi) is 5.04. The summed E-state index contributed by atoms with van der Waals surface area (Å²) in [5, 5.41) is 9.17. The Bertz CT molecular complexity index is 1010. The summed E-state index contributed by atoms with van der Waals surface area (Å²) in [6.07, 6.45) is -0.0651. The average molecular weight is 423 g/mol. The van der Waals surface area contributed by atoms with Crippen molar-refractivity contribution in [1.29, 1.82) is 0 Å². The number of nitrogens with two attached hydrogens (primary N) is 1. The van der Waals surface area contributed by atoms with Crippen LogP contribution in [0.25, 0.3) is 0 Å². The maximum atomic E-state index is 13.6. The lowest BCUT2D eigenvalue weighted by Crippen LogP contribution is -2.52. The number of amidine groups is 1. The molecule has 3 N–H and O–H groups in total. The van der Waals surface area contributed by atoms with Crippen LogP contribution in [0, 0.1) is 5.92 Å². The highest BCUT2D eigenvalue weighted by Gasteiger charge is 2.61. The first-order valence-corrected chi connectivity index (χ1v) is 8.98. The molecule has 1 heterocycles. The largest absolute Gasteiger partial charge is 0.496 e. The van der Waals surface area contributed by atoms with Crippen LogP contribution in [-0.4, -0.2) is 48.3 Å². The van der Waals surface area contributed by atoms with Gasteiger partial charge in [-0.3, -0.25) is 9.59 Å². The van der Waals surface area contributed by atoms with Gasteiger partial charge in [0.1, 0.15) is 11.3 Å². The Balaban J connectivity index is 2.35. The molecule has 9 nitrogen and oxygen atoms in total. The second-order valence-electron chi connectivity index (χ2n) is 6.78. The van der Waals surface area contributed by atoms with Gasteiger partial charge in [0.15, 0.2) is 23.0 Å². The number of benzene rings is 1. The van der Waals surface area contributed by atoms with E-state index >= 15 is 0 Å². The highest BCUT2D eigenvalue weighted by atomic mass is 35.5.